The molecule has 0 spiro atoms. The fourth-order valence-corrected chi connectivity index (χ4v) is 3.86. The molecule has 0 aliphatic carbocycles. The van der Waals surface area contributed by atoms with Crippen LogP contribution in [0.5, 0.6) is 5.75 Å². The molecule has 0 saturated carbocycles. The quantitative estimate of drug-likeness (QED) is 0.647. The van der Waals surface area contributed by atoms with Crippen molar-refractivity contribution in [3.05, 3.63) is 59.2 Å². The van der Waals surface area contributed by atoms with Gasteiger partial charge in [0.1, 0.15) is 5.75 Å². The van der Waals surface area contributed by atoms with Crippen LogP contribution in [0, 0.1) is 26.7 Å². The zero-order valence-electron chi connectivity index (χ0n) is 18.7. The summed E-state index contributed by atoms with van der Waals surface area (Å²) in [6, 6.07) is 13.4. The first-order valence-corrected chi connectivity index (χ1v) is 11.0. The van der Waals surface area contributed by atoms with Crippen molar-refractivity contribution in [1.29, 1.82) is 0 Å². The van der Waals surface area contributed by atoms with Crippen molar-refractivity contribution in [2.45, 2.75) is 40.0 Å². The lowest BCUT2D eigenvalue weighted by molar-refractivity contribution is -0.126. The summed E-state index contributed by atoms with van der Waals surface area (Å²) in [5.74, 6) is 0.758. The Hall–Kier alpha value is -3.02. The van der Waals surface area contributed by atoms with Gasteiger partial charge in [0, 0.05) is 25.3 Å². The van der Waals surface area contributed by atoms with Gasteiger partial charge in [-0.3, -0.25) is 4.79 Å². The van der Waals surface area contributed by atoms with E-state index in [0.717, 1.165) is 36.3 Å². The molecule has 6 nitrogen and oxygen atoms in total. The third-order valence-electron chi connectivity index (χ3n) is 5.75. The van der Waals surface area contributed by atoms with Gasteiger partial charge in [0.15, 0.2) is 0 Å². The first-order chi connectivity index (χ1) is 14.9. The molecule has 3 amide bonds. The van der Waals surface area contributed by atoms with E-state index in [-0.39, 0.29) is 17.9 Å². The van der Waals surface area contributed by atoms with Crippen molar-refractivity contribution in [3.63, 3.8) is 0 Å². The van der Waals surface area contributed by atoms with E-state index in [1.54, 1.807) is 4.90 Å². The lowest BCUT2D eigenvalue weighted by atomic mass is 9.97. The van der Waals surface area contributed by atoms with Gasteiger partial charge in [0.25, 0.3) is 0 Å². The number of hydrogen-bond donors (Lipinski definition) is 2. The highest BCUT2D eigenvalue weighted by Gasteiger charge is 2.28. The van der Waals surface area contributed by atoms with Gasteiger partial charge in [0.2, 0.25) is 5.91 Å². The average molecular weight is 424 g/mol. The second kappa shape index (κ2) is 10.8. The Morgan fingerprint density at radius 3 is 2.68 bits per heavy atom. The van der Waals surface area contributed by atoms with Crippen LogP contribution >= 0.6 is 0 Å². The summed E-state index contributed by atoms with van der Waals surface area (Å²) in [5.41, 5.74) is 4.33. The molecule has 1 aliphatic rings. The minimum Gasteiger partial charge on any atom is -0.493 e. The van der Waals surface area contributed by atoms with E-state index < -0.39 is 0 Å². The van der Waals surface area contributed by atoms with Gasteiger partial charge < -0.3 is 20.3 Å². The number of aryl methyl sites for hydroxylation is 2. The predicted octanol–water partition coefficient (Wildman–Crippen LogP) is 4.44. The number of rotatable bonds is 7. The molecule has 1 aliphatic heterocycles. The normalized spacial score (nSPS) is 16.0. The van der Waals surface area contributed by atoms with Gasteiger partial charge in [-0.1, -0.05) is 24.3 Å². The molecule has 1 fully saturated rings. The van der Waals surface area contributed by atoms with Crippen LogP contribution in [-0.4, -0.2) is 43.1 Å². The number of piperidine rings is 1. The van der Waals surface area contributed by atoms with Gasteiger partial charge >= 0.3 is 6.03 Å². The zero-order chi connectivity index (χ0) is 22.2. The number of nitrogens with zero attached hydrogens (tertiary/aromatic N) is 1. The Labute approximate surface area is 185 Å². The molecular formula is C25H33N3O3. The molecule has 2 N–H and O–H groups in total. The minimum atomic E-state index is -0.169. The third kappa shape index (κ3) is 6.48. The SMILES string of the molecule is Cc1cc(C)c(C)c(OCCCNC(=O)[C@H]2CCCN(C(=O)Nc3ccccc3)C2)c1. The topological polar surface area (TPSA) is 70.7 Å². The van der Waals surface area contributed by atoms with Gasteiger partial charge in [-0.2, -0.15) is 0 Å². The van der Waals surface area contributed by atoms with E-state index >= 15 is 0 Å². The molecule has 3 rings (SSSR count). The maximum Gasteiger partial charge on any atom is 0.321 e. The minimum absolute atomic E-state index is 0.0137. The highest BCUT2D eigenvalue weighted by Crippen LogP contribution is 2.23. The number of anilines is 1. The van der Waals surface area contributed by atoms with Crippen molar-refractivity contribution in [2.75, 3.05) is 31.6 Å². The molecule has 31 heavy (non-hydrogen) atoms. The number of benzene rings is 2. The molecule has 166 valence electrons. The highest BCUT2D eigenvalue weighted by molar-refractivity contribution is 5.90. The average Bonchev–Trinajstić information content (AvgIpc) is 2.77. The monoisotopic (exact) mass is 423 g/mol. The summed E-state index contributed by atoms with van der Waals surface area (Å²) < 4.78 is 5.92. The number of carbonyl (C=O) groups excluding carboxylic acids is 2. The number of carbonyl (C=O) groups is 2. The number of hydrogen-bond acceptors (Lipinski definition) is 3. The van der Waals surface area contributed by atoms with E-state index in [9.17, 15) is 9.59 Å². The Bertz CT molecular complexity index is 898. The lowest BCUT2D eigenvalue weighted by Gasteiger charge is -2.32. The van der Waals surface area contributed by atoms with Crippen molar-refractivity contribution in [2.24, 2.45) is 5.92 Å². The Morgan fingerprint density at radius 1 is 1.13 bits per heavy atom. The Balaban J connectivity index is 1.39. The molecule has 1 atom stereocenters. The predicted molar refractivity (Wildman–Crippen MR) is 124 cm³/mol. The van der Waals surface area contributed by atoms with Crippen LogP contribution in [0.2, 0.25) is 0 Å². The standard InChI is InChI=1S/C25H33N3O3/c1-18-15-19(2)20(3)23(16-18)31-14-8-12-26-24(29)21-9-7-13-28(17-21)25(30)27-22-10-5-4-6-11-22/h4-6,10-11,15-16,21H,7-9,12-14,17H2,1-3H3,(H,26,29)(H,27,30)/t21-/m0/s1. The molecule has 0 radical (unpaired) electrons. The van der Waals surface area contributed by atoms with E-state index in [1.165, 1.54) is 11.1 Å². The number of nitrogens with one attached hydrogen (secondary N) is 2. The maximum absolute atomic E-state index is 12.6. The lowest BCUT2D eigenvalue weighted by Crippen LogP contribution is -2.47. The second-order valence-corrected chi connectivity index (χ2v) is 8.28. The first kappa shape index (κ1) is 22.7. The van der Waals surface area contributed by atoms with Crippen molar-refractivity contribution in [3.8, 4) is 5.75 Å². The fraction of sp³-hybridized carbons (Fsp3) is 0.440. The van der Waals surface area contributed by atoms with Gasteiger partial charge in [-0.25, -0.2) is 4.79 Å². The summed E-state index contributed by atoms with van der Waals surface area (Å²) in [5, 5.41) is 5.91. The number of urea groups is 1. The second-order valence-electron chi connectivity index (χ2n) is 8.28. The van der Waals surface area contributed by atoms with Crippen molar-refractivity contribution in [1.82, 2.24) is 10.2 Å². The van der Waals surface area contributed by atoms with Crippen molar-refractivity contribution >= 4 is 17.6 Å². The molecule has 6 heteroatoms. The summed E-state index contributed by atoms with van der Waals surface area (Å²) in [7, 11) is 0. The van der Waals surface area contributed by atoms with Crippen LogP contribution < -0.4 is 15.4 Å². The third-order valence-corrected chi connectivity index (χ3v) is 5.75. The van der Waals surface area contributed by atoms with Crippen LogP contribution in [-0.2, 0) is 4.79 Å². The molecular weight excluding hydrogens is 390 g/mol. The highest BCUT2D eigenvalue weighted by atomic mass is 16.5. The summed E-state index contributed by atoms with van der Waals surface area (Å²) >= 11 is 0. The van der Waals surface area contributed by atoms with Crippen LogP contribution in [0.25, 0.3) is 0 Å². The van der Waals surface area contributed by atoms with Crippen LogP contribution in [0.3, 0.4) is 0 Å². The molecule has 1 heterocycles. The van der Waals surface area contributed by atoms with Crippen molar-refractivity contribution < 1.29 is 14.3 Å². The van der Waals surface area contributed by atoms with E-state index in [4.69, 9.17) is 4.74 Å². The molecule has 0 aromatic heterocycles. The summed E-state index contributed by atoms with van der Waals surface area (Å²) in [6.45, 7) is 8.45. The summed E-state index contributed by atoms with van der Waals surface area (Å²) in [4.78, 5) is 26.8. The molecule has 2 aromatic carbocycles. The number of likely N-dealkylation sites (tertiary alicyclic amines) is 1. The Morgan fingerprint density at radius 2 is 1.90 bits per heavy atom. The molecule has 0 unspecified atom stereocenters. The zero-order valence-corrected chi connectivity index (χ0v) is 18.7. The van der Waals surface area contributed by atoms with Gasteiger partial charge in [-0.05, 0) is 74.9 Å². The largest absolute Gasteiger partial charge is 0.493 e. The smallest absolute Gasteiger partial charge is 0.321 e. The van der Waals surface area contributed by atoms with Crippen LogP contribution in [0.15, 0.2) is 42.5 Å². The fourth-order valence-electron chi connectivity index (χ4n) is 3.86. The van der Waals surface area contributed by atoms with E-state index in [1.807, 2.05) is 30.3 Å². The van der Waals surface area contributed by atoms with E-state index in [2.05, 4.69) is 43.5 Å². The summed E-state index contributed by atoms with van der Waals surface area (Å²) in [6.07, 6.45) is 2.37. The number of ether oxygens (including phenoxy) is 1. The molecule has 2 aromatic rings. The molecule has 1 saturated heterocycles. The van der Waals surface area contributed by atoms with Gasteiger partial charge in [0.05, 0.1) is 12.5 Å². The van der Waals surface area contributed by atoms with Crippen LogP contribution in [0.1, 0.15) is 36.0 Å². The molecule has 0 bridgehead atoms. The maximum atomic E-state index is 12.6. The first-order valence-electron chi connectivity index (χ1n) is 11.0. The van der Waals surface area contributed by atoms with E-state index in [0.29, 0.717) is 26.2 Å². The number of para-hydroxylation sites is 1. The van der Waals surface area contributed by atoms with Crippen LogP contribution in [0.4, 0.5) is 10.5 Å². The van der Waals surface area contributed by atoms with Gasteiger partial charge in [-0.15, -0.1) is 0 Å². The number of amides is 3. The Kier molecular flexibility index (Phi) is 7.93.